The molecule has 1 heterocycles. The predicted octanol–water partition coefficient (Wildman–Crippen LogP) is 1.71. The zero-order valence-corrected chi connectivity index (χ0v) is 9.13. The third kappa shape index (κ3) is 4.30. The van der Waals surface area contributed by atoms with E-state index in [1.54, 1.807) is 0 Å². The Morgan fingerprint density at radius 3 is 2.92 bits per heavy atom. The number of aliphatic hydroxyl groups excluding tert-OH is 1. The molecule has 1 N–H and O–H groups in total. The van der Waals surface area contributed by atoms with Crippen LogP contribution in [-0.4, -0.2) is 41.6 Å². The highest BCUT2D eigenvalue weighted by Crippen LogP contribution is 2.16. The lowest BCUT2D eigenvalue weighted by Crippen LogP contribution is -2.34. The van der Waals surface area contributed by atoms with E-state index in [1.807, 2.05) is 0 Å². The molecule has 2 unspecified atom stereocenters. The van der Waals surface area contributed by atoms with Gasteiger partial charge in [-0.3, -0.25) is 0 Å². The van der Waals surface area contributed by atoms with Crippen molar-refractivity contribution < 1.29 is 5.11 Å². The largest absolute Gasteiger partial charge is 0.391 e. The second-order valence-corrected chi connectivity index (χ2v) is 4.45. The van der Waals surface area contributed by atoms with Crippen LogP contribution in [0.2, 0.25) is 0 Å². The molecule has 0 spiro atoms. The first-order valence-electron chi connectivity index (χ1n) is 5.18. The monoisotopic (exact) mass is 205 g/mol. The fourth-order valence-corrected chi connectivity index (χ4v) is 1.95. The minimum Gasteiger partial charge on any atom is -0.391 e. The molecule has 3 heteroatoms. The Hall–Kier alpha value is 0.210. The van der Waals surface area contributed by atoms with Crippen LogP contribution in [0.5, 0.6) is 0 Å². The van der Waals surface area contributed by atoms with E-state index in [0.29, 0.717) is 5.88 Å². The lowest BCUT2D eigenvalue weighted by Gasteiger charge is -2.21. The molecule has 2 atom stereocenters. The topological polar surface area (TPSA) is 23.5 Å². The molecule has 1 aliphatic heterocycles. The zero-order chi connectivity index (χ0) is 9.68. The Morgan fingerprint density at radius 1 is 1.46 bits per heavy atom. The maximum atomic E-state index is 9.39. The Kier molecular flexibility index (Phi) is 5.07. The van der Waals surface area contributed by atoms with Gasteiger partial charge in [0.05, 0.1) is 6.10 Å². The van der Waals surface area contributed by atoms with Crippen LogP contribution in [0.15, 0.2) is 0 Å². The third-order valence-corrected chi connectivity index (χ3v) is 3.11. The smallest absolute Gasteiger partial charge is 0.0802 e. The fraction of sp³-hybridized carbons (Fsp3) is 1.00. The zero-order valence-electron chi connectivity index (χ0n) is 8.38. The van der Waals surface area contributed by atoms with Gasteiger partial charge in [-0.2, -0.15) is 0 Å². The highest BCUT2D eigenvalue weighted by Gasteiger charge is 2.15. The Balaban J connectivity index is 2.25. The van der Waals surface area contributed by atoms with Crippen molar-refractivity contribution in [2.45, 2.75) is 32.3 Å². The molecule has 0 aromatic heterocycles. The van der Waals surface area contributed by atoms with Crippen molar-refractivity contribution in [3.8, 4) is 0 Å². The van der Waals surface area contributed by atoms with Crippen LogP contribution in [0, 0.1) is 5.92 Å². The van der Waals surface area contributed by atoms with Crippen molar-refractivity contribution in [3.63, 3.8) is 0 Å². The molecule has 1 rings (SSSR count). The summed E-state index contributed by atoms with van der Waals surface area (Å²) in [5.74, 6) is 1.20. The van der Waals surface area contributed by atoms with Crippen LogP contribution >= 0.6 is 11.6 Å². The van der Waals surface area contributed by atoms with Gasteiger partial charge in [0.25, 0.3) is 0 Å². The van der Waals surface area contributed by atoms with Gasteiger partial charge in [0.1, 0.15) is 0 Å². The molecule has 0 bridgehead atoms. The van der Waals surface area contributed by atoms with Gasteiger partial charge in [-0.25, -0.2) is 0 Å². The lowest BCUT2D eigenvalue weighted by atomic mass is 10.0. The molecule has 0 aliphatic carbocycles. The van der Waals surface area contributed by atoms with Crippen LogP contribution in [0.25, 0.3) is 0 Å². The van der Waals surface area contributed by atoms with Crippen molar-refractivity contribution in [1.82, 2.24) is 4.90 Å². The van der Waals surface area contributed by atoms with Gasteiger partial charge < -0.3 is 10.0 Å². The van der Waals surface area contributed by atoms with E-state index in [1.165, 1.54) is 19.3 Å². The number of β-amino-alcohol motifs (C(OH)–C–C–N with tert-alkyl or cyclic N) is 1. The molecule has 0 radical (unpaired) electrons. The maximum Gasteiger partial charge on any atom is 0.0802 e. The minimum atomic E-state index is -0.352. The van der Waals surface area contributed by atoms with Crippen LogP contribution in [0.3, 0.4) is 0 Å². The number of aliphatic hydroxyl groups is 1. The van der Waals surface area contributed by atoms with Gasteiger partial charge >= 0.3 is 0 Å². The summed E-state index contributed by atoms with van der Waals surface area (Å²) in [6, 6.07) is 0. The summed E-state index contributed by atoms with van der Waals surface area (Å²) in [5, 5.41) is 9.39. The summed E-state index contributed by atoms with van der Waals surface area (Å²) in [6.07, 6.45) is 3.49. The number of rotatable bonds is 3. The number of nitrogens with zero attached hydrogens (tertiary/aromatic N) is 1. The molecular weight excluding hydrogens is 186 g/mol. The first-order valence-corrected chi connectivity index (χ1v) is 5.72. The molecule has 1 saturated heterocycles. The van der Waals surface area contributed by atoms with Crippen molar-refractivity contribution in [3.05, 3.63) is 0 Å². The minimum absolute atomic E-state index is 0.352. The second kappa shape index (κ2) is 5.84. The van der Waals surface area contributed by atoms with Crippen LogP contribution in [-0.2, 0) is 0 Å². The molecule has 1 aliphatic rings. The van der Waals surface area contributed by atoms with Crippen LogP contribution < -0.4 is 0 Å². The van der Waals surface area contributed by atoms with Gasteiger partial charge in [0, 0.05) is 12.4 Å². The molecule has 1 fully saturated rings. The Bertz CT molecular complexity index is 143. The Morgan fingerprint density at radius 2 is 2.23 bits per heavy atom. The van der Waals surface area contributed by atoms with E-state index >= 15 is 0 Å². The number of alkyl halides is 1. The highest BCUT2D eigenvalue weighted by molar-refractivity contribution is 6.18. The quantitative estimate of drug-likeness (QED) is 0.710. The normalized spacial score (nSPS) is 28.4. The number of halogens is 1. The molecule has 0 saturated carbocycles. The second-order valence-electron chi connectivity index (χ2n) is 4.14. The summed E-state index contributed by atoms with van der Waals surface area (Å²) < 4.78 is 0. The third-order valence-electron chi connectivity index (χ3n) is 2.76. The van der Waals surface area contributed by atoms with E-state index in [4.69, 9.17) is 11.6 Å². The molecule has 0 amide bonds. The Labute approximate surface area is 85.9 Å². The summed E-state index contributed by atoms with van der Waals surface area (Å²) >= 11 is 5.56. The first kappa shape index (κ1) is 11.3. The van der Waals surface area contributed by atoms with Gasteiger partial charge in [0.15, 0.2) is 0 Å². The molecule has 78 valence electrons. The fourth-order valence-electron chi connectivity index (χ4n) is 1.85. The summed E-state index contributed by atoms with van der Waals surface area (Å²) in [6.45, 7) is 5.30. The van der Waals surface area contributed by atoms with Crippen molar-refractivity contribution >= 4 is 11.6 Å². The predicted molar refractivity (Wildman–Crippen MR) is 56.2 cm³/mol. The van der Waals surface area contributed by atoms with Gasteiger partial charge in [-0.15, -0.1) is 11.6 Å². The van der Waals surface area contributed by atoms with Crippen molar-refractivity contribution in [2.24, 2.45) is 5.92 Å². The number of likely N-dealkylation sites (tertiary alicyclic amines) is 1. The van der Waals surface area contributed by atoms with Gasteiger partial charge in [-0.05, 0) is 38.3 Å². The van der Waals surface area contributed by atoms with Crippen molar-refractivity contribution in [2.75, 3.05) is 25.5 Å². The maximum absolute atomic E-state index is 9.39. The standard InChI is InChI=1S/C10H20ClNO/c1-9-3-2-5-12(6-4-9)8-10(13)7-11/h9-10,13H,2-8H2,1H3. The lowest BCUT2D eigenvalue weighted by molar-refractivity contribution is 0.130. The molecule has 0 aromatic rings. The molecular formula is C10H20ClNO. The van der Waals surface area contributed by atoms with Crippen molar-refractivity contribution in [1.29, 1.82) is 0 Å². The number of hydrogen-bond donors (Lipinski definition) is 1. The molecule has 2 nitrogen and oxygen atoms in total. The van der Waals surface area contributed by atoms with Crippen LogP contribution in [0.1, 0.15) is 26.2 Å². The average molecular weight is 206 g/mol. The number of hydrogen-bond acceptors (Lipinski definition) is 2. The van der Waals surface area contributed by atoms with Gasteiger partial charge in [0.2, 0.25) is 0 Å². The van der Waals surface area contributed by atoms with E-state index in [2.05, 4.69) is 11.8 Å². The average Bonchev–Trinajstić information content (AvgIpc) is 2.31. The van der Waals surface area contributed by atoms with E-state index in [9.17, 15) is 5.11 Å². The first-order chi connectivity index (χ1) is 6.22. The summed E-state index contributed by atoms with van der Waals surface area (Å²) in [7, 11) is 0. The SMILES string of the molecule is CC1CCCN(CC(O)CCl)CC1. The van der Waals surface area contributed by atoms with E-state index in [0.717, 1.165) is 25.6 Å². The molecule has 13 heavy (non-hydrogen) atoms. The van der Waals surface area contributed by atoms with Gasteiger partial charge in [-0.1, -0.05) is 6.92 Å². The molecule has 0 aromatic carbocycles. The summed E-state index contributed by atoms with van der Waals surface area (Å²) in [5.41, 5.74) is 0. The summed E-state index contributed by atoms with van der Waals surface area (Å²) in [4.78, 5) is 2.33. The van der Waals surface area contributed by atoms with E-state index in [-0.39, 0.29) is 6.10 Å². The van der Waals surface area contributed by atoms with Crippen LogP contribution in [0.4, 0.5) is 0 Å². The van der Waals surface area contributed by atoms with E-state index < -0.39 is 0 Å². The highest BCUT2D eigenvalue weighted by atomic mass is 35.5.